The zero-order valence-corrected chi connectivity index (χ0v) is 12.2. The molecule has 0 radical (unpaired) electrons. The number of hydrogen-bond donors (Lipinski definition) is 1. The van der Waals surface area contributed by atoms with Crippen LogP contribution in [0.3, 0.4) is 0 Å². The Morgan fingerprint density at radius 3 is 2.77 bits per heavy atom. The molecule has 3 aliphatic heterocycles. The molecule has 1 unspecified atom stereocenters. The third-order valence-electron chi connectivity index (χ3n) is 4.69. The Morgan fingerprint density at radius 2 is 2.18 bits per heavy atom. The maximum atomic E-state index is 11.6. The number of aldehydes is 3. The molecule has 0 aliphatic carbocycles. The van der Waals surface area contributed by atoms with Gasteiger partial charge in [0.25, 0.3) is 0 Å². The van der Waals surface area contributed by atoms with E-state index in [4.69, 9.17) is 4.74 Å². The summed E-state index contributed by atoms with van der Waals surface area (Å²) < 4.78 is 5.45. The standard InChI is InChI=1S/C16H17NO5/c1-2-16(21)12-5-13-10(6-18)3-4-17(13)14(7-19)11(12)9-22-15(16)8-20/h5-8,15,21H,2-4,9H2,1H3/t15?,16-/m0/s1. The maximum Gasteiger partial charge on any atom is 0.166 e. The van der Waals surface area contributed by atoms with E-state index >= 15 is 0 Å². The van der Waals surface area contributed by atoms with Crippen LogP contribution in [-0.4, -0.2) is 53.7 Å². The molecular formula is C16H17NO5. The summed E-state index contributed by atoms with van der Waals surface area (Å²) in [6, 6.07) is 0. The highest BCUT2D eigenvalue weighted by Crippen LogP contribution is 2.44. The van der Waals surface area contributed by atoms with Crippen molar-refractivity contribution in [2.45, 2.75) is 31.5 Å². The van der Waals surface area contributed by atoms with Crippen molar-refractivity contribution in [3.63, 3.8) is 0 Å². The van der Waals surface area contributed by atoms with Crippen LogP contribution < -0.4 is 0 Å². The molecule has 1 N–H and O–H groups in total. The third kappa shape index (κ3) is 1.84. The number of hydrogen-bond acceptors (Lipinski definition) is 6. The van der Waals surface area contributed by atoms with Crippen molar-refractivity contribution in [3.05, 3.63) is 34.2 Å². The van der Waals surface area contributed by atoms with Crippen molar-refractivity contribution in [3.8, 4) is 0 Å². The molecule has 2 atom stereocenters. The molecule has 3 rings (SSSR count). The summed E-state index contributed by atoms with van der Waals surface area (Å²) in [6.45, 7) is 2.39. The summed E-state index contributed by atoms with van der Waals surface area (Å²) in [5.41, 5.74) is 1.24. The summed E-state index contributed by atoms with van der Waals surface area (Å²) in [5, 5.41) is 10.9. The van der Waals surface area contributed by atoms with Gasteiger partial charge in [-0.15, -0.1) is 0 Å². The average molecular weight is 303 g/mol. The van der Waals surface area contributed by atoms with Gasteiger partial charge in [-0.2, -0.15) is 0 Å². The second kappa shape index (κ2) is 5.30. The number of allylic oxidation sites excluding steroid dienone is 2. The molecule has 116 valence electrons. The number of ether oxygens (including phenoxy) is 1. The molecule has 1 saturated heterocycles. The predicted octanol–water partition coefficient (Wildman–Crippen LogP) is 0.277. The topological polar surface area (TPSA) is 83.9 Å². The summed E-state index contributed by atoms with van der Waals surface area (Å²) in [4.78, 5) is 35.8. The van der Waals surface area contributed by atoms with Crippen molar-refractivity contribution >= 4 is 18.9 Å². The first kappa shape index (κ1) is 14.9. The Morgan fingerprint density at radius 1 is 1.41 bits per heavy atom. The second-order valence-electron chi connectivity index (χ2n) is 5.62. The Kier molecular flexibility index (Phi) is 3.58. The average Bonchev–Trinajstić information content (AvgIpc) is 2.96. The number of carbonyl (C=O) groups excluding carboxylic acids is 3. The highest BCUT2D eigenvalue weighted by Gasteiger charge is 2.48. The minimum absolute atomic E-state index is 0.0891. The van der Waals surface area contributed by atoms with Gasteiger partial charge in [-0.25, -0.2) is 0 Å². The lowest BCUT2D eigenvalue weighted by atomic mass is 9.77. The van der Waals surface area contributed by atoms with Crippen molar-refractivity contribution in [2.24, 2.45) is 0 Å². The molecule has 0 bridgehead atoms. The van der Waals surface area contributed by atoms with Gasteiger partial charge < -0.3 is 19.5 Å². The molecule has 0 aromatic heterocycles. The fourth-order valence-electron chi connectivity index (χ4n) is 3.40. The zero-order valence-electron chi connectivity index (χ0n) is 12.2. The van der Waals surface area contributed by atoms with E-state index in [1.807, 2.05) is 0 Å². The van der Waals surface area contributed by atoms with Gasteiger partial charge in [-0.3, -0.25) is 9.59 Å². The molecule has 0 spiro atoms. The first-order chi connectivity index (χ1) is 10.6. The van der Waals surface area contributed by atoms with Gasteiger partial charge in [-0.1, -0.05) is 6.92 Å². The van der Waals surface area contributed by atoms with Crippen LogP contribution in [0.4, 0.5) is 0 Å². The Bertz CT molecular complexity index is 645. The van der Waals surface area contributed by atoms with Crippen molar-refractivity contribution in [1.29, 1.82) is 0 Å². The number of carbonyl (C=O) groups is 3. The molecule has 22 heavy (non-hydrogen) atoms. The van der Waals surface area contributed by atoms with Crippen LogP contribution in [0.15, 0.2) is 34.2 Å². The van der Waals surface area contributed by atoms with E-state index in [2.05, 4.69) is 0 Å². The molecule has 0 amide bonds. The number of nitrogens with zero attached hydrogens (tertiary/aromatic N) is 1. The van der Waals surface area contributed by atoms with E-state index in [0.29, 0.717) is 47.4 Å². The molecular weight excluding hydrogens is 286 g/mol. The first-order valence-electron chi connectivity index (χ1n) is 7.26. The van der Waals surface area contributed by atoms with Crippen LogP contribution >= 0.6 is 0 Å². The highest BCUT2D eigenvalue weighted by atomic mass is 16.5. The summed E-state index contributed by atoms with van der Waals surface area (Å²) >= 11 is 0. The lowest BCUT2D eigenvalue weighted by Crippen LogP contribution is -2.52. The van der Waals surface area contributed by atoms with Crippen molar-refractivity contribution < 1.29 is 24.2 Å². The molecule has 3 heterocycles. The van der Waals surface area contributed by atoms with Crippen LogP contribution in [0.5, 0.6) is 0 Å². The zero-order chi connectivity index (χ0) is 15.9. The van der Waals surface area contributed by atoms with E-state index in [0.717, 1.165) is 12.6 Å². The van der Waals surface area contributed by atoms with Gasteiger partial charge in [0.15, 0.2) is 12.6 Å². The number of aliphatic hydroxyl groups is 1. The van der Waals surface area contributed by atoms with Crippen LogP contribution in [0, 0.1) is 0 Å². The largest absolute Gasteiger partial charge is 0.382 e. The first-order valence-corrected chi connectivity index (χ1v) is 7.26. The van der Waals surface area contributed by atoms with Gasteiger partial charge in [0, 0.05) is 23.4 Å². The summed E-state index contributed by atoms with van der Waals surface area (Å²) in [5.74, 6) is 0. The molecule has 0 aromatic carbocycles. The van der Waals surface area contributed by atoms with Crippen LogP contribution in [0.2, 0.25) is 0 Å². The summed E-state index contributed by atoms with van der Waals surface area (Å²) in [6.07, 6.45) is 3.64. The Labute approximate surface area is 127 Å². The maximum absolute atomic E-state index is 11.6. The van der Waals surface area contributed by atoms with Crippen LogP contribution in [0.25, 0.3) is 0 Å². The van der Waals surface area contributed by atoms with E-state index in [9.17, 15) is 19.5 Å². The minimum atomic E-state index is -1.49. The third-order valence-corrected chi connectivity index (χ3v) is 4.69. The van der Waals surface area contributed by atoms with Gasteiger partial charge in [0.05, 0.1) is 12.3 Å². The molecule has 0 saturated carbocycles. The fraction of sp³-hybridized carbons (Fsp3) is 0.438. The second-order valence-corrected chi connectivity index (χ2v) is 5.62. The highest BCUT2D eigenvalue weighted by molar-refractivity contribution is 5.84. The normalized spacial score (nSPS) is 30.7. The van der Waals surface area contributed by atoms with Crippen LogP contribution in [0.1, 0.15) is 19.8 Å². The lowest BCUT2D eigenvalue weighted by molar-refractivity contribution is -0.138. The smallest absolute Gasteiger partial charge is 0.166 e. The van der Waals surface area contributed by atoms with Gasteiger partial charge in [0.1, 0.15) is 18.0 Å². The molecule has 3 aliphatic rings. The fourth-order valence-corrected chi connectivity index (χ4v) is 3.40. The number of fused-ring (bicyclic) bond motifs is 2. The Balaban J connectivity index is 2.22. The quantitative estimate of drug-likeness (QED) is 0.751. The molecule has 0 aromatic rings. The van der Waals surface area contributed by atoms with Crippen LogP contribution in [-0.2, 0) is 19.1 Å². The Hall–Kier alpha value is -2.05. The van der Waals surface area contributed by atoms with E-state index in [1.165, 1.54) is 0 Å². The van der Waals surface area contributed by atoms with Crippen molar-refractivity contribution in [1.82, 2.24) is 4.90 Å². The molecule has 6 heteroatoms. The van der Waals surface area contributed by atoms with E-state index < -0.39 is 11.7 Å². The molecule has 6 nitrogen and oxygen atoms in total. The number of rotatable bonds is 4. The summed E-state index contributed by atoms with van der Waals surface area (Å²) in [7, 11) is 0. The monoisotopic (exact) mass is 303 g/mol. The SMILES string of the molecule is CC[C@]1(O)C2=CC3=C(C=O)CCN3C(C=O)=C2COC1C=O. The lowest BCUT2D eigenvalue weighted by Gasteiger charge is -2.43. The molecule has 1 fully saturated rings. The van der Waals surface area contributed by atoms with E-state index in [1.54, 1.807) is 17.9 Å². The van der Waals surface area contributed by atoms with E-state index in [-0.39, 0.29) is 13.0 Å². The van der Waals surface area contributed by atoms with Gasteiger partial charge in [0.2, 0.25) is 0 Å². The van der Waals surface area contributed by atoms with Gasteiger partial charge in [-0.05, 0) is 24.5 Å². The van der Waals surface area contributed by atoms with Crippen molar-refractivity contribution in [2.75, 3.05) is 13.2 Å². The minimum Gasteiger partial charge on any atom is -0.382 e. The van der Waals surface area contributed by atoms with Gasteiger partial charge >= 0.3 is 0 Å². The predicted molar refractivity (Wildman–Crippen MR) is 76.6 cm³/mol.